The molecule has 0 aliphatic carbocycles. The Labute approximate surface area is 64.5 Å². The van der Waals surface area contributed by atoms with Crippen LogP contribution in [0.1, 0.15) is 0 Å². The van der Waals surface area contributed by atoms with Crippen LogP contribution >= 0.6 is 0 Å². The molecular weight excluding hydrogens is 164 g/mol. The molecular formula is C7H6O3S. The molecule has 2 aliphatic rings. The first kappa shape index (κ1) is 6.67. The molecule has 0 aromatic heterocycles. The van der Waals surface area contributed by atoms with Gasteiger partial charge in [-0.15, -0.1) is 0 Å². The fraction of sp³-hybridized carbons (Fsp3) is 0.143. The molecule has 0 fully saturated rings. The molecule has 0 radical (unpaired) electrons. The molecule has 0 amide bonds. The van der Waals surface area contributed by atoms with E-state index in [-0.39, 0.29) is 0 Å². The van der Waals surface area contributed by atoms with Gasteiger partial charge >= 0.3 is 0 Å². The van der Waals surface area contributed by atoms with Crippen LogP contribution in [0.4, 0.5) is 0 Å². The van der Waals surface area contributed by atoms with Gasteiger partial charge in [0, 0.05) is 0 Å². The van der Waals surface area contributed by atoms with E-state index in [0.717, 1.165) is 0 Å². The number of para-hydroxylation sites is 1. The molecule has 3 nitrogen and oxygen atoms in total. The van der Waals surface area contributed by atoms with E-state index in [0.29, 0.717) is 15.5 Å². The molecule has 3 rings (SSSR count). The summed E-state index contributed by atoms with van der Waals surface area (Å²) in [6, 6.07) is 4.79. The summed E-state index contributed by atoms with van der Waals surface area (Å²) in [5.41, 5.74) is 0. The van der Waals surface area contributed by atoms with Gasteiger partial charge in [-0.2, -0.15) is 0 Å². The van der Waals surface area contributed by atoms with Gasteiger partial charge in [0.2, 0.25) is 9.84 Å². The Bertz CT molecular complexity index is 377. The van der Waals surface area contributed by atoms with E-state index in [1.165, 1.54) is 7.11 Å². The summed E-state index contributed by atoms with van der Waals surface area (Å²) in [4.78, 5) is 0.606. The maximum absolute atomic E-state index is 11.1. The highest BCUT2D eigenvalue weighted by Gasteiger charge is 2.36. The average molecular weight is 170 g/mol. The monoisotopic (exact) mass is 170 g/mol. The van der Waals surface area contributed by atoms with Crippen molar-refractivity contribution in [3.05, 3.63) is 18.2 Å². The van der Waals surface area contributed by atoms with Crippen LogP contribution in [0, 0.1) is 0 Å². The highest BCUT2D eigenvalue weighted by molar-refractivity contribution is 7.93. The molecule has 1 aromatic carbocycles. The van der Waals surface area contributed by atoms with Gasteiger partial charge in [-0.1, -0.05) is 6.07 Å². The van der Waals surface area contributed by atoms with Crippen LogP contribution in [0.15, 0.2) is 28.0 Å². The third-order valence-electron chi connectivity index (χ3n) is 1.73. The summed E-state index contributed by atoms with van der Waals surface area (Å²) in [6.45, 7) is 0. The zero-order valence-electron chi connectivity index (χ0n) is 5.87. The first-order valence-corrected chi connectivity index (χ1v) is 4.58. The van der Waals surface area contributed by atoms with Gasteiger partial charge < -0.3 is 4.74 Å². The number of ether oxygens (including phenoxy) is 1. The van der Waals surface area contributed by atoms with Crippen molar-refractivity contribution in [1.29, 1.82) is 0 Å². The average Bonchev–Trinajstić information content (AvgIpc) is 2.03. The molecule has 0 saturated carbocycles. The lowest BCUT2D eigenvalue weighted by Crippen LogP contribution is -2.15. The second kappa shape index (κ2) is 1.76. The van der Waals surface area contributed by atoms with Crippen LogP contribution in [0.5, 0.6) is 5.75 Å². The number of benzene rings is 1. The molecule has 4 heteroatoms. The van der Waals surface area contributed by atoms with Crippen LogP contribution in [-0.4, -0.2) is 15.5 Å². The van der Waals surface area contributed by atoms with E-state index in [1.807, 2.05) is 0 Å². The van der Waals surface area contributed by atoms with E-state index < -0.39 is 9.84 Å². The molecule has 1 aromatic rings. The van der Waals surface area contributed by atoms with Gasteiger partial charge in [-0.25, -0.2) is 8.42 Å². The fourth-order valence-electron chi connectivity index (χ4n) is 1.19. The first-order valence-electron chi connectivity index (χ1n) is 3.10. The molecule has 0 atom stereocenters. The fourth-order valence-corrected chi connectivity index (χ4v) is 2.67. The van der Waals surface area contributed by atoms with Crippen molar-refractivity contribution < 1.29 is 13.2 Å². The van der Waals surface area contributed by atoms with E-state index in [2.05, 4.69) is 0 Å². The van der Waals surface area contributed by atoms with Crippen molar-refractivity contribution in [3.63, 3.8) is 0 Å². The van der Waals surface area contributed by atoms with E-state index >= 15 is 0 Å². The number of rotatable bonds is 1. The third kappa shape index (κ3) is 0.599. The molecule has 0 spiro atoms. The van der Waals surface area contributed by atoms with E-state index in [1.54, 1.807) is 18.2 Å². The summed E-state index contributed by atoms with van der Waals surface area (Å²) in [6.07, 6.45) is 0. The number of sulfone groups is 1. The topological polar surface area (TPSA) is 43.4 Å². The Morgan fingerprint density at radius 1 is 1.27 bits per heavy atom. The number of hydrogen-bond donors (Lipinski definition) is 0. The molecule has 2 heterocycles. The van der Waals surface area contributed by atoms with Crippen molar-refractivity contribution in [2.75, 3.05) is 7.11 Å². The smallest absolute Gasteiger partial charge is 0.214 e. The first-order chi connectivity index (χ1) is 5.18. The lowest BCUT2D eigenvalue weighted by atomic mass is 10.3. The molecule has 0 N–H and O–H groups in total. The molecule has 58 valence electrons. The molecule has 0 unspecified atom stereocenters. The van der Waals surface area contributed by atoms with Crippen LogP contribution in [0.2, 0.25) is 0 Å². The number of hydrogen-bond acceptors (Lipinski definition) is 3. The van der Waals surface area contributed by atoms with E-state index in [4.69, 9.17) is 4.74 Å². The number of methoxy groups -OCH3 is 1. The Hall–Kier alpha value is -1.03. The van der Waals surface area contributed by atoms with Crippen molar-refractivity contribution in [1.82, 2.24) is 0 Å². The summed E-state index contributed by atoms with van der Waals surface area (Å²) in [7, 11) is -1.63. The largest absolute Gasteiger partial charge is 0.494 e. The van der Waals surface area contributed by atoms with Crippen molar-refractivity contribution >= 4 is 9.84 Å². The standard InChI is InChI=1S/C7H6O3S/c1-10-7-5-3-2-4-6(7)11(5,8)9/h2-4H,1H3. The summed E-state index contributed by atoms with van der Waals surface area (Å²) in [5.74, 6) is 0.493. The predicted octanol–water partition coefficient (Wildman–Crippen LogP) is 0.841. The Morgan fingerprint density at radius 3 is 2.09 bits per heavy atom. The highest BCUT2D eigenvalue weighted by Crippen LogP contribution is 2.44. The van der Waals surface area contributed by atoms with Crippen LogP contribution in [-0.2, 0) is 9.84 Å². The Balaban J connectivity index is 2.78. The minimum Gasteiger partial charge on any atom is -0.494 e. The van der Waals surface area contributed by atoms with Crippen LogP contribution in [0.25, 0.3) is 0 Å². The van der Waals surface area contributed by atoms with Crippen molar-refractivity contribution in [2.45, 2.75) is 9.79 Å². The second-order valence-electron chi connectivity index (χ2n) is 2.29. The van der Waals surface area contributed by atoms with Gasteiger partial charge in [0.1, 0.15) is 9.79 Å². The van der Waals surface area contributed by atoms with Crippen LogP contribution in [0.3, 0.4) is 0 Å². The quantitative estimate of drug-likeness (QED) is 0.637. The SMILES string of the molecule is COc1c2cccc1S2(=O)=O. The maximum Gasteiger partial charge on any atom is 0.214 e. The Kier molecular flexibility index (Phi) is 1.07. The van der Waals surface area contributed by atoms with Gasteiger partial charge in [-0.05, 0) is 12.1 Å². The van der Waals surface area contributed by atoms with Crippen LogP contribution < -0.4 is 4.74 Å². The minimum atomic E-state index is -3.10. The summed E-state index contributed by atoms with van der Waals surface area (Å²) < 4.78 is 27.2. The zero-order valence-corrected chi connectivity index (χ0v) is 6.68. The predicted molar refractivity (Wildman–Crippen MR) is 38.4 cm³/mol. The van der Waals surface area contributed by atoms with Gasteiger partial charge in [0.15, 0.2) is 5.75 Å². The van der Waals surface area contributed by atoms with Gasteiger partial charge in [0.05, 0.1) is 7.11 Å². The lowest BCUT2D eigenvalue weighted by molar-refractivity contribution is 0.381. The lowest BCUT2D eigenvalue weighted by Gasteiger charge is -2.20. The zero-order chi connectivity index (χ0) is 8.06. The van der Waals surface area contributed by atoms with Gasteiger partial charge in [0.25, 0.3) is 0 Å². The molecule has 11 heavy (non-hydrogen) atoms. The molecule has 0 saturated heterocycles. The number of fused-ring (bicyclic) bond motifs is 2. The highest BCUT2D eigenvalue weighted by atomic mass is 32.2. The van der Waals surface area contributed by atoms with Crippen molar-refractivity contribution in [2.24, 2.45) is 0 Å². The molecule has 2 aliphatic heterocycles. The normalized spacial score (nSPS) is 17.2. The summed E-state index contributed by atoms with van der Waals surface area (Å²) >= 11 is 0. The summed E-state index contributed by atoms with van der Waals surface area (Å²) in [5, 5.41) is 0. The van der Waals surface area contributed by atoms with Crippen molar-refractivity contribution in [3.8, 4) is 5.75 Å². The third-order valence-corrected chi connectivity index (χ3v) is 3.53. The van der Waals surface area contributed by atoms with Gasteiger partial charge in [-0.3, -0.25) is 0 Å². The molecule has 2 bridgehead atoms. The maximum atomic E-state index is 11.1. The van der Waals surface area contributed by atoms with E-state index in [9.17, 15) is 8.42 Å². The minimum absolute atomic E-state index is 0.303. The second-order valence-corrected chi connectivity index (χ2v) is 4.18. The Morgan fingerprint density at radius 2 is 1.82 bits per heavy atom.